The highest BCUT2D eigenvalue weighted by Crippen LogP contribution is 2.30. The van der Waals surface area contributed by atoms with E-state index in [9.17, 15) is 13.2 Å². The first-order valence-electron chi connectivity index (χ1n) is 7.19. The number of aromatic nitrogens is 3. The van der Waals surface area contributed by atoms with Crippen LogP contribution in [0.15, 0.2) is 24.5 Å². The molecule has 0 aliphatic carbocycles. The Bertz CT molecular complexity index is 744. The van der Waals surface area contributed by atoms with Gasteiger partial charge in [-0.05, 0) is 24.5 Å². The predicted octanol–water partition coefficient (Wildman–Crippen LogP) is 2.84. The minimum atomic E-state index is -4.41. The number of nitrogens with one attached hydrogen (secondary N) is 1. The Labute approximate surface area is 130 Å². The molecule has 0 amide bonds. The molecule has 0 bridgehead atoms. The second kappa shape index (κ2) is 5.91. The Morgan fingerprint density at radius 2 is 2.26 bits per heavy atom. The van der Waals surface area contributed by atoms with E-state index in [0.717, 1.165) is 12.6 Å². The molecule has 120 valence electrons. The van der Waals surface area contributed by atoms with Gasteiger partial charge in [0.15, 0.2) is 5.69 Å². The molecule has 0 fully saturated rings. The molecule has 0 aromatic carbocycles. The van der Waals surface area contributed by atoms with Crippen LogP contribution >= 0.6 is 0 Å². The summed E-state index contributed by atoms with van der Waals surface area (Å²) in [5.74, 6) is 1.14. The molecule has 0 saturated heterocycles. The summed E-state index contributed by atoms with van der Waals surface area (Å²) >= 11 is 0. The fourth-order valence-electron chi connectivity index (χ4n) is 2.70. The molecule has 23 heavy (non-hydrogen) atoms. The third-order valence-corrected chi connectivity index (χ3v) is 3.87. The van der Waals surface area contributed by atoms with Gasteiger partial charge in [-0.15, -0.1) is 0 Å². The molecule has 1 aliphatic rings. The van der Waals surface area contributed by atoms with Crippen molar-refractivity contribution in [1.82, 2.24) is 14.5 Å². The van der Waals surface area contributed by atoms with Crippen molar-refractivity contribution in [3.05, 3.63) is 41.6 Å². The van der Waals surface area contributed by atoms with Gasteiger partial charge < -0.3 is 9.88 Å². The van der Waals surface area contributed by atoms with Gasteiger partial charge in [-0.25, -0.2) is 9.97 Å². The molecule has 0 unspecified atom stereocenters. The van der Waals surface area contributed by atoms with Crippen LogP contribution in [0.5, 0.6) is 0 Å². The zero-order chi connectivity index (χ0) is 16.4. The number of aryl methyl sites for hydroxylation is 1. The van der Waals surface area contributed by atoms with E-state index >= 15 is 0 Å². The normalized spacial score (nSPS) is 17.4. The average Bonchev–Trinajstić information content (AvgIpc) is 2.96. The number of hydrogen-bond acceptors (Lipinski definition) is 4. The van der Waals surface area contributed by atoms with Gasteiger partial charge in [-0.2, -0.15) is 18.4 Å². The Morgan fingerprint density at radius 1 is 1.43 bits per heavy atom. The Morgan fingerprint density at radius 3 is 3.00 bits per heavy atom. The lowest BCUT2D eigenvalue weighted by molar-refractivity contribution is -0.141. The Hall–Kier alpha value is -2.56. The van der Waals surface area contributed by atoms with E-state index in [2.05, 4.69) is 21.4 Å². The maximum absolute atomic E-state index is 12.7. The van der Waals surface area contributed by atoms with Crippen LogP contribution in [0.1, 0.15) is 23.5 Å². The third kappa shape index (κ3) is 3.28. The van der Waals surface area contributed by atoms with Gasteiger partial charge >= 0.3 is 6.18 Å². The quantitative estimate of drug-likeness (QED) is 0.944. The lowest BCUT2D eigenvalue weighted by atomic mass is 9.99. The number of rotatable bonds is 3. The third-order valence-electron chi connectivity index (χ3n) is 3.87. The van der Waals surface area contributed by atoms with Crippen molar-refractivity contribution < 1.29 is 13.2 Å². The second-order valence-corrected chi connectivity index (χ2v) is 5.49. The molecule has 8 heteroatoms. The van der Waals surface area contributed by atoms with Crippen LogP contribution in [0.2, 0.25) is 0 Å². The number of hydrogen-bond donors (Lipinski definition) is 1. The second-order valence-electron chi connectivity index (χ2n) is 5.49. The van der Waals surface area contributed by atoms with Crippen LogP contribution in [0.4, 0.5) is 19.0 Å². The molecular formula is C15H14F3N5. The fraction of sp³-hybridized carbons (Fsp3) is 0.400. The molecule has 2 aromatic heterocycles. The largest absolute Gasteiger partial charge is 0.434 e. The van der Waals surface area contributed by atoms with Crippen LogP contribution in [-0.4, -0.2) is 21.1 Å². The first kappa shape index (κ1) is 15.3. The van der Waals surface area contributed by atoms with Gasteiger partial charge in [0.05, 0.1) is 5.56 Å². The van der Waals surface area contributed by atoms with Crippen molar-refractivity contribution in [2.45, 2.75) is 25.6 Å². The highest BCUT2D eigenvalue weighted by molar-refractivity contribution is 5.51. The monoisotopic (exact) mass is 321 g/mol. The zero-order valence-corrected chi connectivity index (χ0v) is 12.1. The van der Waals surface area contributed by atoms with E-state index in [4.69, 9.17) is 5.26 Å². The van der Waals surface area contributed by atoms with Gasteiger partial charge in [-0.1, -0.05) is 0 Å². The van der Waals surface area contributed by atoms with Crippen LogP contribution in [0.3, 0.4) is 0 Å². The highest BCUT2D eigenvalue weighted by Gasteiger charge is 2.35. The van der Waals surface area contributed by atoms with Gasteiger partial charge in [0.1, 0.15) is 17.7 Å². The van der Waals surface area contributed by atoms with Crippen molar-refractivity contribution in [2.75, 3.05) is 11.9 Å². The molecule has 1 N–H and O–H groups in total. The predicted molar refractivity (Wildman–Crippen MR) is 76.5 cm³/mol. The lowest BCUT2D eigenvalue weighted by Gasteiger charge is -2.24. The van der Waals surface area contributed by atoms with Gasteiger partial charge in [0, 0.05) is 31.9 Å². The van der Waals surface area contributed by atoms with Crippen molar-refractivity contribution in [3.8, 4) is 6.07 Å². The van der Waals surface area contributed by atoms with E-state index in [0.29, 0.717) is 36.7 Å². The van der Waals surface area contributed by atoms with Crippen molar-refractivity contribution in [1.29, 1.82) is 5.26 Å². The maximum atomic E-state index is 12.7. The van der Waals surface area contributed by atoms with Crippen molar-refractivity contribution in [3.63, 3.8) is 0 Å². The topological polar surface area (TPSA) is 66.5 Å². The first-order valence-corrected chi connectivity index (χ1v) is 7.19. The molecule has 0 spiro atoms. The molecule has 3 rings (SSSR count). The maximum Gasteiger partial charge on any atom is 0.434 e. The molecule has 1 aliphatic heterocycles. The smallest absolute Gasteiger partial charge is 0.369 e. The van der Waals surface area contributed by atoms with E-state index in [1.54, 1.807) is 22.9 Å². The van der Waals surface area contributed by atoms with Crippen molar-refractivity contribution >= 4 is 5.82 Å². The molecule has 2 aromatic rings. The van der Waals surface area contributed by atoms with Crippen LogP contribution in [0, 0.1) is 17.2 Å². The summed E-state index contributed by atoms with van der Waals surface area (Å²) in [5, 5.41) is 12.1. The van der Waals surface area contributed by atoms with E-state index in [-0.39, 0.29) is 5.92 Å². The Kier molecular flexibility index (Phi) is 3.94. The van der Waals surface area contributed by atoms with Crippen molar-refractivity contribution in [2.24, 2.45) is 5.92 Å². The van der Waals surface area contributed by atoms with E-state index in [1.807, 2.05) is 0 Å². The summed E-state index contributed by atoms with van der Waals surface area (Å²) in [4.78, 5) is 7.78. The van der Waals surface area contributed by atoms with Gasteiger partial charge in [-0.3, -0.25) is 0 Å². The number of imidazole rings is 1. The zero-order valence-electron chi connectivity index (χ0n) is 12.1. The van der Waals surface area contributed by atoms with E-state index < -0.39 is 11.9 Å². The summed E-state index contributed by atoms with van der Waals surface area (Å²) < 4.78 is 39.7. The average molecular weight is 321 g/mol. The first-order chi connectivity index (χ1) is 11.0. The number of pyridine rings is 1. The van der Waals surface area contributed by atoms with Crippen LogP contribution in [0.25, 0.3) is 0 Å². The summed E-state index contributed by atoms with van der Waals surface area (Å²) in [6.07, 6.45) is -0.490. The number of nitriles is 1. The highest BCUT2D eigenvalue weighted by atomic mass is 19.4. The standard InChI is InChI=1S/C15H14F3N5/c16-15(17,18)12-9-23-8-10(3-4-13(23)22-12)7-21-14-11(6-19)2-1-5-20-14/h1-2,5,9-10H,3-4,7-8H2,(H,20,21)/t10-/m0/s1. The van der Waals surface area contributed by atoms with E-state index in [1.165, 1.54) is 0 Å². The molecule has 0 saturated carbocycles. The number of fused-ring (bicyclic) bond motifs is 1. The summed E-state index contributed by atoms with van der Waals surface area (Å²) in [5.41, 5.74) is -0.386. The molecule has 1 atom stereocenters. The molecule has 5 nitrogen and oxygen atoms in total. The van der Waals surface area contributed by atoms with Gasteiger partial charge in [0.2, 0.25) is 0 Å². The summed E-state index contributed by atoms with van der Waals surface area (Å²) in [6, 6.07) is 5.40. The van der Waals surface area contributed by atoms with Crippen LogP contribution in [-0.2, 0) is 19.1 Å². The minimum Gasteiger partial charge on any atom is -0.369 e. The van der Waals surface area contributed by atoms with Gasteiger partial charge in [0.25, 0.3) is 0 Å². The summed E-state index contributed by atoms with van der Waals surface area (Å²) in [7, 11) is 0. The Balaban J connectivity index is 1.66. The summed E-state index contributed by atoms with van der Waals surface area (Å²) in [6.45, 7) is 1.02. The molecular weight excluding hydrogens is 307 g/mol. The number of halogens is 3. The number of nitrogens with zero attached hydrogens (tertiary/aromatic N) is 4. The number of alkyl halides is 3. The number of anilines is 1. The lowest BCUT2D eigenvalue weighted by Crippen LogP contribution is -2.26. The SMILES string of the molecule is N#Cc1cccnc1NC[C@@H]1CCc2nc(C(F)(F)F)cn2C1. The molecule has 3 heterocycles. The minimum absolute atomic E-state index is 0.159. The molecule has 0 radical (unpaired) electrons. The fourth-order valence-corrected chi connectivity index (χ4v) is 2.70. The van der Waals surface area contributed by atoms with Crippen LogP contribution < -0.4 is 5.32 Å².